The van der Waals surface area contributed by atoms with Crippen molar-refractivity contribution in [2.75, 3.05) is 6.54 Å². The number of hydrogen-bond acceptors (Lipinski definition) is 6. The van der Waals surface area contributed by atoms with Gasteiger partial charge in [-0.2, -0.15) is 0 Å². The van der Waals surface area contributed by atoms with Gasteiger partial charge in [-0.25, -0.2) is 14.4 Å². The van der Waals surface area contributed by atoms with E-state index in [-0.39, 0.29) is 11.7 Å². The Morgan fingerprint density at radius 3 is 2.82 bits per heavy atom. The van der Waals surface area contributed by atoms with Crippen molar-refractivity contribution in [2.24, 2.45) is 0 Å². The standard InChI is InChI=1S/C18H12ClFN6OS/c19-14-7-13-12(8-21-14)22-17(28-13)16-24-23-15-9-25(5-6-26(15)16)18(27)10-1-3-11(20)4-2-10/h1-4,7-8H,5-6,9H2. The molecule has 4 heterocycles. The van der Waals surface area contributed by atoms with Crippen molar-refractivity contribution in [1.82, 2.24) is 29.6 Å². The van der Waals surface area contributed by atoms with Crippen molar-refractivity contribution in [1.29, 1.82) is 0 Å². The lowest BCUT2D eigenvalue weighted by Gasteiger charge is -2.27. The molecule has 140 valence electrons. The number of thiazole rings is 1. The van der Waals surface area contributed by atoms with Crippen LogP contribution in [0.3, 0.4) is 0 Å². The molecule has 1 aliphatic rings. The van der Waals surface area contributed by atoms with Crippen molar-refractivity contribution >= 4 is 39.1 Å². The second-order valence-corrected chi connectivity index (χ2v) is 7.74. The van der Waals surface area contributed by atoms with Crippen LogP contribution in [0.2, 0.25) is 5.15 Å². The Balaban J connectivity index is 1.43. The Morgan fingerprint density at radius 1 is 1.18 bits per heavy atom. The van der Waals surface area contributed by atoms with E-state index in [1.807, 2.05) is 4.57 Å². The predicted octanol–water partition coefficient (Wildman–Crippen LogP) is 3.40. The first-order valence-corrected chi connectivity index (χ1v) is 9.67. The van der Waals surface area contributed by atoms with E-state index in [1.54, 1.807) is 17.2 Å². The lowest BCUT2D eigenvalue weighted by Crippen LogP contribution is -2.38. The molecule has 0 saturated carbocycles. The van der Waals surface area contributed by atoms with E-state index in [1.165, 1.54) is 35.6 Å². The summed E-state index contributed by atoms with van der Waals surface area (Å²) < 4.78 is 16.0. The van der Waals surface area contributed by atoms with E-state index in [9.17, 15) is 9.18 Å². The summed E-state index contributed by atoms with van der Waals surface area (Å²) in [6.45, 7) is 1.40. The Labute approximate surface area is 167 Å². The normalized spacial score (nSPS) is 13.7. The number of aromatic nitrogens is 5. The maximum Gasteiger partial charge on any atom is 0.254 e. The molecule has 0 spiro atoms. The number of fused-ring (bicyclic) bond motifs is 2. The van der Waals surface area contributed by atoms with Crippen LogP contribution in [0.25, 0.3) is 21.0 Å². The van der Waals surface area contributed by atoms with Gasteiger partial charge in [-0.1, -0.05) is 11.6 Å². The first-order chi connectivity index (χ1) is 13.6. The van der Waals surface area contributed by atoms with Crippen LogP contribution in [0.4, 0.5) is 4.39 Å². The number of rotatable bonds is 2. The van der Waals surface area contributed by atoms with Gasteiger partial charge in [0.25, 0.3) is 5.91 Å². The molecule has 0 N–H and O–H groups in total. The molecule has 1 aliphatic heterocycles. The van der Waals surface area contributed by atoms with Crippen LogP contribution < -0.4 is 0 Å². The number of carbonyl (C=O) groups excluding carboxylic acids is 1. The highest BCUT2D eigenvalue weighted by Crippen LogP contribution is 2.31. The molecule has 4 aromatic rings. The molecule has 0 bridgehead atoms. The van der Waals surface area contributed by atoms with Gasteiger partial charge in [-0.15, -0.1) is 21.5 Å². The predicted molar refractivity (Wildman–Crippen MR) is 103 cm³/mol. The van der Waals surface area contributed by atoms with Crippen molar-refractivity contribution < 1.29 is 9.18 Å². The number of halogens is 2. The topological polar surface area (TPSA) is 76.8 Å². The first kappa shape index (κ1) is 17.2. The van der Waals surface area contributed by atoms with Gasteiger partial charge in [0.1, 0.15) is 16.5 Å². The molecule has 28 heavy (non-hydrogen) atoms. The average Bonchev–Trinajstić information content (AvgIpc) is 3.30. The molecular weight excluding hydrogens is 403 g/mol. The largest absolute Gasteiger partial charge is 0.329 e. The van der Waals surface area contributed by atoms with Gasteiger partial charge in [-0.05, 0) is 30.3 Å². The molecule has 1 aromatic carbocycles. The molecular formula is C18H12ClFN6OS. The molecule has 0 fully saturated rings. The van der Waals surface area contributed by atoms with E-state index in [2.05, 4.69) is 20.2 Å². The van der Waals surface area contributed by atoms with Crippen LogP contribution >= 0.6 is 22.9 Å². The number of amides is 1. The fraction of sp³-hybridized carbons (Fsp3) is 0.167. The third kappa shape index (κ3) is 2.92. The third-order valence-corrected chi connectivity index (χ3v) is 5.79. The summed E-state index contributed by atoms with van der Waals surface area (Å²) in [5.74, 6) is 0.830. The van der Waals surface area contributed by atoms with Crippen molar-refractivity contribution in [3.05, 3.63) is 58.9 Å². The average molecular weight is 415 g/mol. The van der Waals surface area contributed by atoms with Gasteiger partial charge >= 0.3 is 0 Å². The fourth-order valence-corrected chi connectivity index (χ4v) is 4.36. The number of carbonyl (C=O) groups is 1. The Bertz CT molecular complexity index is 1200. The third-order valence-electron chi connectivity index (χ3n) is 4.56. The highest BCUT2D eigenvalue weighted by molar-refractivity contribution is 7.21. The molecule has 3 aromatic heterocycles. The summed E-state index contributed by atoms with van der Waals surface area (Å²) in [6, 6.07) is 7.32. The minimum Gasteiger partial charge on any atom is -0.329 e. The summed E-state index contributed by atoms with van der Waals surface area (Å²) in [5.41, 5.74) is 1.20. The molecule has 10 heteroatoms. The van der Waals surface area contributed by atoms with E-state index in [4.69, 9.17) is 11.6 Å². The van der Waals surface area contributed by atoms with E-state index < -0.39 is 0 Å². The van der Waals surface area contributed by atoms with Crippen molar-refractivity contribution in [3.8, 4) is 10.8 Å². The highest BCUT2D eigenvalue weighted by Gasteiger charge is 2.26. The molecule has 7 nitrogen and oxygen atoms in total. The number of hydrogen-bond donors (Lipinski definition) is 0. The maximum atomic E-state index is 13.1. The molecule has 0 aliphatic carbocycles. The van der Waals surface area contributed by atoms with Gasteiger partial charge in [0.05, 0.1) is 17.4 Å². The summed E-state index contributed by atoms with van der Waals surface area (Å²) in [5, 5.41) is 9.68. The highest BCUT2D eigenvalue weighted by atomic mass is 35.5. The van der Waals surface area contributed by atoms with Crippen LogP contribution in [0.15, 0.2) is 36.5 Å². The van der Waals surface area contributed by atoms with Crippen LogP contribution in [-0.2, 0) is 13.1 Å². The van der Waals surface area contributed by atoms with Gasteiger partial charge in [0.2, 0.25) is 0 Å². The Kier molecular flexibility index (Phi) is 4.06. The van der Waals surface area contributed by atoms with Crippen molar-refractivity contribution in [3.63, 3.8) is 0 Å². The van der Waals surface area contributed by atoms with Gasteiger partial charge < -0.3 is 9.47 Å². The number of benzene rings is 1. The van der Waals surface area contributed by atoms with Crippen LogP contribution in [0, 0.1) is 5.82 Å². The number of pyridine rings is 1. The number of nitrogens with zero attached hydrogens (tertiary/aromatic N) is 6. The lowest BCUT2D eigenvalue weighted by atomic mass is 10.2. The molecule has 0 saturated heterocycles. The summed E-state index contributed by atoms with van der Waals surface area (Å²) >= 11 is 7.42. The summed E-state index contributed by atoms with van der Waals surface area (Å²) in [4.78, 5) is 23.0. The first-order valence-electron chi connectivity index (χ1n) is 8.48. The van der Waals surface area contributed by atoms with Crippen molar-refractivity contribution in [2.45, 2.75) is 13.1 Å². The van der Waals surface area contributed by atoms with Crippen LogP contribution in [0.5, 0.6) is 0 Å². The minimum absolute atomic E-state index is 0.156. The fourth-order valence-electron chi connectivity index (χ4n) is 3.17. The minimum atomic E-state index is -0.369. The SMILES string of the molecule is O=C(c1ccc(F)cc1)N1CCn2c(nnc2-c2nc3cnc(Cl)cc3s2)C1. The van der Waals surface area contributed by atoms with Gasteiger partial charge in [0.15, 0.2) is 16.7 Å². The van der Waals surface area contributed by atoms with Gasteiger partial charge in [0, 0.05) is 18.7 Å². The monoisotopic (exact) mass is 414 g/mol. The zero-order valence-corrected chi connectivity index (χ0v) is 15.9. The molecule has 0 radical (unpaired) electrons. The smallest absolute Gasteiger partial charge is 0.254 e. The van der Waals surface area contributed by atoms with Crippen LogP contribution in [0.1, 0.15) is 16.2 Å². The van der Waals surface area contributed by atoms with E-state index in [0.717, 1.165) is 15.2 Å². The van der Waals surface area contributed by atoms with Crippen LogP contribution in [-0.4, -0.2) is 42.1 Å². The second kappa shape index (κ2) is 6.61. The Hall–Kier alpha value is -2.91. The zero-order chi connectivity index (χ0) is 19.3. The Morgan fingerprint density at radius 2 is 2.00 bits per heavy atom. The molecule has 1 amide bonds. The summed E-state index contributed by atoms with van der Waals surface area (Å²) in [6.07, 6.45) is 1.63. The maximum absolute atomic E-state index is 13.1. The lowest BCUT2D eigenvalue weighted by molar-refractivity contribution is 0.0708. The van der Waals surface area contributed by atoms with E-state index >= 15 is 0 Å². The quantitative estimate of drug-likeness (QED) is 0.470. The van der Waals surface area contributed by atoms with E-state index in [0.29, 0.717) is 42.0 Å². The second-order valence-electron chi connectivity index (χ2n) is 6.32. The molecule has 5 rings (SSSR count). The molecule has 0 unspecified atom stereocenters. The summed E-state index contributed by atoms with van der Waals surface area (Å²) in [7, 11) is 0. The van der Waals surface area contributed by atoms with Gasteiger partial charge in [-0.3, -0.25) is 4.79 Å². The molecule has 0 atom stereocenters. The zero-order valence-electron chi connectivity index (χ0n) is 14.3.